The third-order valence-electron chi connectivity index (χ3n) is 4.14. The SMILES string of the molecule is CC.Fc1cnc(Nc2ccncn2)c2sc(NC3CCCCC3)nc12. The highest BCUT2D eigenvalue weighted by Crippen LogP contribution is 2.34. The number of hydrogen-bond acceptors (Lipinski definition) is 7. The van der Waals surface area contributed by atoms with Crippen LogP contribution >= 0.6 is 11.3 Å². The molecule has 0 unspecified atom stereocenters. The molecule has 0 aromatic carbocycles. The number of halogens is 1. The molecule has 6 nitrogen and oxygen atoms in total. The summed E-state index contributed by atoms with van der Waals surface area (Å²) in [5, 5.41) is 7.30. The Kier molecular flexibility index (Phi) is 6.27. The molecule has 1 aliphatic carbocycles. The van der Waals surface area contributed by atoms with Crippen molar-refractivity contribution in [1.82, 2.24) is 19.9 Å². The molecule has 3 heterocycles. The zero-order valence-corrected chi connectivity index (χ0v) is 15.8. The maximum Gasteiger partial charge on any atom is 0.184 e. The van der Waals surface area contributed by atoms with E-state index in [1.807, 2.05) is 13.8 Å². The molecular formula is C18H23FN6S. The van der Waals surface area contributed by atoms with Crippen LogP contribution in [0.4, 0.5) is 21.2 Å². The van der Waals surface area contributed by atoms with Crippen molar-refractivity contribution in [3.8, 4) is 0 Å². The van der Waals surface area contributed by atoms with Gasteiger partial charge in [-0.3, -0.25) is 0 Å². The predicted molar refractivity (Wildman–Crippen MR) is 105 cm³/mol. The van der Waals surface area contributed by atoms with E-state index < -0.39 is 5.82 Å². The van der Waals surface area contributed by atoms with Gasteiger partial charge in [0.25, 0.3) is 0 Å². The summed E-state index contributed by atoms with van der Waals surface area (Å²) in [6.07, 6.45) is 10.3. The van der Waals surface area contributed by atoms with Gasteiger partial charge in [-0.25, -0.2) is 24.3 Å². The van der Waals surface area contributed by atoms with E-state index in [0.717, 1.165) is 18.0 Å². The van der Waals surface area contributed by atoms with Crippen LogP contribution < -0.4 is 10.6 Å². The number of thiazole rings is 1. The lowest BCUT2D eigenvalue weighted by molar-refractivity contribution is 0.462. The molecule has 0 amide bonds. The Bertz CT molecular complexity index is 832. The molecule has 0 spiro atoms. The van der Waals surface area contributed by atoms with Gasteiger partial charge >= 0.3 is 0 Å². The molecule has 8 heteroatoms. The molecule has 26 heavy (non-hydrogen) atoms. The molecule has 3 aromatic rings. The first kappa shape index (κ1) is 18.4. The van der Waals surface area contributed by atoms with E-state index in [1.54, 1.807) is 12.3 Å². The van der Waals surface area contributed by atoms with Gasteiger partial charge in [0.1, 0.15) is 22.4 Å². The van der Waals surface area contributed by atoms with Crippen LogP contribution in [-0.2, 0) is 0 Å². The number of pyridine rings is 1. The number of rotatable bonds is 4. The second-order valence-electron chi connectivity index (χ2n) is 5.85. The van der Waals surface area contributed by atoms with Crippen LogP contribution in [0.15, 0.2) is 24.8 Å². The average molecular weight is 374 g/mol. The Balaban J connectivity index is 0.000000948. The van der Waals surface area contributed by atoms with Crippen molar-refractivity contribution >= 4 is 38.3 Å². The lowest BCUT2D eigenvalue weighted by Gasteiger charge is -2.22. The monoisotopic (exact) mass is 374 g/mol. The summed E-state index contributed by atoms with van der Waals surface area (Å²) in [5.41, 5.74) is 0.338. The fourth-order valence-electron chi connectivity index (χ4n) is 2.94. The average Bonchev–Trinajstić information content (AvgIpc) is 3.12. The maximum absolute atomic E-state index is 14.1. The Morgan fingerprint density at radius 3 is 2.69 bits per heavy atom. The summed E-state index contributed by atoms with van der Waals surface area (Å²) in [7, 11) is 0. The fourth-order valence-corrected chi connectivity index (χ4v) is 3.94. The minimum atomic E-state index is -0.411. The zero-order chi connectivity index (χ0) is 18.4. The van der Waals surface area contributed by atoms with Gasteiger partial charge in [0.15, 0.2) is 16.8 Å². The van der Waals surface area contributed by atoms with Crippen molar-refractivity contribution in [2.45, 2.75) is 52.0 Å². The van der Waals surface area contributed by atoms with E-state index in [4.69, 9.17) is 0 Å². The summed E-state index contributed by atoms with van der Waals surface area (Å²) in [6.45, 7) is 4.00. The van der Waals surface area contributed by atoms with Crippen molar-refractivity contribution < 1.29 is 4.39 Å². The molecule has 0 bridgehead atoms. The van der Waals surface area contributed by atoms with Gasteiger partial charge in [0.2, 0.25) is 0 Å². The molecule has 1 saturated carbocycles. The number of aromatic nitrogens is 4. The first-order valence-corrected chi connectivity index (χ1v) is 9.86. The van der Waals surface area contributed by atoms with E-state index in [9.17, 15) is 4.39 Å². The van der Waals surface area contributed by atoms with Crippen LogP contribution in [0.1, 0.15) is 46.0 Å². The zero-order valence-electron chi connectivity index (χ0n) is 15.0. The molecular weight excluding hydrogens is 351 g/mol. The van der Waals surface area contributed by atoms with Crippen LogP contribution in [0.3, 0.4) is 0 Å². The van der Waals surface area contributed by atoms with Gasteiger partial charge in [0, 0.05) is 12.2 Å². The van der Waals surface area contributed by atoms with Crippen molar-refractivity contribution in [2.24, 2.45) is 0 Å². The van der Waals surface area contributed by atoms with E-state index in [1.165, 1.54) is 43.1 Å². The minimum absolute atomic E-state index is 0.338. The van der Waals surface area contributed by atoms with Crippen molar-refractivity contribution in [1.29, 1.82) is 0 Å². The van der Waals surface area contributed by atoms with Crippen molar-refractivity contribution in [3.63, 3.8) is 0 Å². The Hall–Kier alpha value is -2.35. The second-order valence-corrected chi connectivity index (χ2v) is 6.85. The molecule has 138 valence electrons. The second kappa shape index (κ2) is 8.84. The topological polar surface area (TPSA) is 75.6 Å². The van der Waals surface area contributed by atoms with Gasteiger partial charge < -0.3 is 10.6 Å². The van der Waals surface area contributed by atoms with Crippen molar-refractivity contribution in [2.75, 3.05) is 10.6 Å². The summed E-state index contributed by atoms with van der Waals surface area (Å²) in [6, 6.07) is 2.16. The molecule has 0 radical (unpaired) electrons. The largest absolute Gasteiger partial charge is 0.359 e. The Morgan fingerprint density at radius 1 is 1.15 bits per heavy atom. The molecule has 1 aliphatic rings. The van der Waals surface area contributed by atoms with E-state index in [0.29, 0.717) is 27.9 Å². The summed E-state index contributed by atoms with van der Waals surface area (Å²) in [4.78, 5) is 16.6. The molecule has 3 aromatic heterocycles. The Labute approximate surface area is 156 Å². The molecule has 0 aliphatic heterocycles. The van der Waals surface area contributed by atoms with Gasteiger partial charge in [-0.05, 0) is 18.9 Å². The third-order valence-corrected chi connectivity index (χ3v) is 5.13. The highest BCUT2D eigenvalue weighted by atomic mass is 32.1. The van der Waals surface area contributed by atoms with Gasteiger partial charge in [0.05, 0.1) is 6.20 Å². The maximum atomic E-state index is 14.1. The van der Waals surface area contributed by atoms with Crippen molar-refractivity contribution in [3.05, 3.63) is 30.6 Å². The van der Waals surface area contributed by atoms with Crippen LogP contribution in [0.2, 0.25) is 0 Å². The first-order valence-electron chi connectivity index (χ1n) is 9.04. The van der Waals surface area contributed by atoms with Crippen LogP contribution in [-0.4, -0.2) is 26.0 Å². The summed E-state index contributed by atoms with van der Waals surface area (Å²) in [5.74, 6) is 0.756. The van der Waals surface area contributed by atoms with Gasteiger partial charge in [-0.1, -0.05) is 44.4 Å². The normalized spacial score (nSPS) is 14.6. The number of anilines is 3. The quantitative estimate of drug-likeness (QED) is 0.659. The van der Waals surface area contributed by atoms with Crippen LogP contribution in [0.5, 0.6) is 0 Å². The molecule has 4 rings (SSSR count). The summed E-state index contributed by atoms with van der Waals surface area (Å²) >= 11 is 1.42. The third kappa shape index (κ3) is 4.24. The smallest absolute Gasteiger partial charge is 0.184 e. The number of nitrogens with one attached hydrogen (secondary N) is 2. The number of hydrogen-bond donors (Lipinski definition) is 2. The highest BCUT2D eigenvalue weighted by molar-refractivity contribution is 7.22. The lowest BCUT2D eigenvalue weighted by Crippen LogP contribution is -2.21. The standard InChI is InChI=1S/C16H17FN6S.C2H6/c17-11-8-19-15(22-12-6-7-18-9-20-12)14-13(11)23-16(24-14)21-10-4-2-1-3-5-10;1-2/h6-10H,1-5H2,(H,21,23)(H,18,19,20,22);1-2H3. The van der Waals surface area contributed by atoms with Gasteiger partial charge in [-0.2, -0.15) is 0 Å². The number of fused-ring (bicyclic) bond motifs is 1. The fraction of sp³-hybridized carbons (Fsp3) is 0.444. The number of nitrogens with zero attached hydrogens (tertiary/aromatic N) is 4. The van der Waals surface area contributed by atoms with Gasteiger partial charge in [-0.15, -0.1) is 0 Å². The first-order chi connectivity index (χ1) is 12.8. The van der Waals surface area contributed by atoms with E-state index in [-0.39, 0.29) is 0 Å². The molecule has 0 atom stereocenters. The van der Waals surface area contributed by atoms with E-state index >= 15 is 0 Å². The van der Waals surface area contributed by atoms with Crippen LogP contribution in [0, 0.1) is 5.82 Å². The van der Waals surface area contributed by atoms with E-state index in [2.05, 4.69) is 30.6 Å². The predicted octanol–water partition coefficient (Wildman–Crippen LogP) is 5.13. The summed E-state index contributed by atoms with van der Waals surface area (Å²) < 4.78 is 14.8. The molecule has 1 fully saturated rings. The lowest BCUT2D eigenvalue weighted by atomic mass is 9.96. The molecule has 2 N–H and O–H groups in total. The van der Waals surface area contributed by atoms with Crippen LogP contribution in [0.25, 0.3) is 10.2 Å². The highest BCUT2D eigenvalue weighted by Gasteiger charge is 2.18. The Morgan fingerprint density at radius 2 is 1.96 bits per heavy atom. The minimum Gasteiger partial charge on any atom is -0.359 e. The molecule has 0 saturated heterocycles.